The van der Waals surface area contributed by atoms with Gasteiger partial charge in [-0.15, -0.1) is 0 Å². The molecule has 1 aliphatic rings. The summed E-state index contributed by atoms with van der Waals surface area (Å²) in [6, 6.07) is 13.4. The number of hydrogen-bond donors (Lipinski definition) is 1. The Kier molecular flexibility index (Phi) is 5.91. The van der Waals surface area contributed by atoms with Crippen molar-refractivity contribution in [3.8, 4) is 5.75 Å². The summed E-state index contributed by atoms with van der Waals surface area (Å²) in [6.45, 7) is 4.59. The maximum absolute atomic E-state index is 10.2. The number of anilines is 1. The number of piperazine rings is 1. The summed E-state index contributed by atoms with van der Waals surface area (Å²) in [6.07, 6.45) is 1.41. The molecule has 1 atom stereocenters. The summed E-state index contributed by atoms with van der Waals surface area (Å²) < 4.78 is 5.61. The van der Waals surface area contributed by atoms with E-state index in [1.165, 1.54) is 0 Å². The number of hydrogen-bond acceptors (Lipinski definition) is 4. The summed E-state index contributed by atoms with van der Waals surface area (Å²) in [5, 5.41) is 10.8. The first-order valence-electron chi connectivity index (χ1n) is 8.22. The highest BCUT2D eigenvalue weighted by molar-refractivity contribution is 6.32. The Hall–Kier alpha value is -1.82. The standard InChI is InChI=1S/C18H22ClN3O2/c19-16-5-1-2-6-17(16)24-14-15(23)13-21-9-11-22(12-10-21)18-7-3-4-8-20-18/h1-8,15,23H,9-14H2/p+1/t15-/m0/s1. The van der Waals surface area contributed by atoms with Crippen LogP contribution in [0, 0.1) is 0 Å². The predicted octanol–water partition coefficient (Wildman–Crippen LogP) is 1.72. The number of aromatic amines is 1. The fourth-order valence-corrected chi connectivity index (χ4v) is 3.04. The van der Waals surface area contributed by atoms with Gasteiger partial charge in [0, 0.05) is 25.7 Å². The second-order valence-electron chi connectivity index (χ2n) is 5.93. The molecule has 2 N–H and O–H groups in total. The zero-order valence-electron chi connectivity index (χ0n) is 13.6. The van der Waals surface area contributed by atoms with E-state index in [1.807, 2.05) is 36.5 Å². The largest absolute Gasteiger partial charge is 0.489 e. The van der Waals surface area contributed by atoms with Gasteiger partial charge in [-0.1, -0.05) is 29.8 Å². The Labute approximate surface area is 147 Å². The molecule has 0 radical (unpaired) electrons. The van der Waals surface area contributed by atoms with Crippen molar-refractivity contribution < 1.29 is 14.8 Å². The molecule has 0 aliphatic carbocycles. The number of aliphatic hydroxyl groups is 1. The smallest absolute Gasteiger partial charge is 0.274 e. The summed E-state index contributed by atoms with van der Waals surface area (Å²) in [4.78, 5) is 7.85. The van der Waals surface area contributed by atoms with Gasteiger partial charge >= 0.3 is 0 Å². The fraction of sp³-hybridized carbons (Fsp3) is 0.389. The molecule has 0 bridgehead atoms. The number of aromatic nitrogens is 1. The van der Waals surface area contributed by atoms with E-state index < -0.39 is 6.10 Å². The van der Waals surface area contributed by atoms with Crippen LogP contribution in [0.3, 0.4) is 0 Å². The van der Waals surface area contributed by atoms with Crippen LogP contribution in [0.15, 0.2) is 48.7 Å². The minimum absolute atomic E-state index is 0.246. The Balaban J connectivity index is 1.42. The molecule has 1 aromatic heterocycles. The van der Waals surface area contributed by atoms with Crippen LogP contribution in [-0.4, -0.2) is 55.4 Å². The molecular formula is C18H23ClN3O2+. The van der Waals surface area contributed by atoms with E-state index in [4.69, 9.17) is 16.3 Å². The Morgan fingerprint density at radius 3 is 2.54 bits per heavy atom. The summed E-state index contributed by atoms with van der Waals surface area (Å²) in [5.74, 6) is 1.75. The highest BCUT2D eigenvalue weighted by Crippen LogP contribution is 2.23. The quantitative estimate of drug-likeness (QED) is 0.863. The van der Waals surface area contributed by atoms with Crippen molar-refractivity contribution in [3.63, 3.8) is 0 Å². The number of para-hydroxylation sites is 1. The number of β-amino-alcohol motifs (C(OH)–C–C–N with tert-alkyl or cyclic N) is 1. The molecule has 2 aromatic rings. The van der Waals surface area contributed by atoms with Crippen molar-refractivity contribution in [2.24, 2.45) is 0 Å². The second kappa shape index (κ2) is 8.33. The zero-order valence-corrected chi connectivity index (χ0v) is 14.3. The number of pyridine rings is 1. The van der Waals surface area contributed by atoms with E-state index in [9.17, 15) is 5.11 Å². The molecular weight excluding hydrogens is 326 g/mol. The summed E-state index contributed by atoms with van der Waals surface area (Å²) in [7, 11) is 0. The van der Waals surface area contributed by atoms with E-state index in [1.54, 1.807) is 6.07 Å². The number of rotatable bonds is 6. The highest BCUT2D eigenvalue weighted by atomic mass is 35.5. The van der Waals surface area contributed by atoms with Gasteiger partial charge in [-0.3, -0.25) is 9.80 Å². The van der Waals surface area contributed by atoms with Crippen LogP contribution in [0.2, 0.25) is 5.02 Å². The number of aliphatic hydroxyl groups excluding tert-OH is 1. The monoisotopic (exact) mass is 348 g/mol. The van der Waals surface area contributed by atoms with Crippen molar-refractivity contribution in [1.82, 2.24) is 4.90 Å². The van der Waals surface area contributed by atoms with Gasteiger partial charge < -0.3 is 9.84 Å². The third-order valence-corrected chi connectivity index (χ3v) is 4.45. The molecule has 0 saturated carbocycles. The van der Waals surface area contributed by atoms with Gasteiger partial charge in [0.25, 0.3) is 5.82 Å². The number of H-pyrrole nitrogens is 1. The zero-order chi connectivity index (χ0) is 16.8. The van der Waals surface area contributed by atoms with Crippen LogP contribution >= 0.6 is 11.6 Å². The molecule has 0 amide bonds. The molecule has 1 aliphatic heterocycles. The second-order valence-corrected chi connectivity index (χ2v) is 6.34. The lowest BCUT2D eigenvalue weighted by molar-refractivity contribution is -0.364. The van der Waals surface area contributed by atoms with Crippen LogP contribution in [-0.2, 0) is 0 Å². The Morgan fingerprint density at radius 1 is 1.08 bits per heavy atom. The number of nitrogens with one attached hydrogen (secondary N) is 1. The third-order valence-electron chi connectivity index (χ3n) is 4.14. The molecule has 1 fully saturated rings. The average molecular weight is 349 g/mol. The lowest BCUT2D eigenvalue weighted by Crippen LogP contribution is -2.50. The van der Waals surface area contributed by atoms with Gasteiger partial charge in [0.05, 0.1) is 24.3 Å². The lowest BCUT2D eigenvalue weighted by atomic mass is 10.2. The average Bonchev–Trinajstić information content (AvgIpc) is 2.62. The highest BCUT2D eigenvalue weighted by Gasteiger charge is 2.24. The molecule has 5 nitrogen and oxygen atoms in total. The van der Waals surface area contributed by atoms with Crippen molar-refractivity contribution in [2.75, 3.05) is 44.2 Å². The molecule has 1 saturated heterocycles. The first kappa shape index (κ1) is 17.0. The van der Waals surface area contributed by atoms with Crippen molar-refractivity contribution >= 4 is 17.4 Å². The number of halogens is 1. The molecule has 3 rings (SSSR count). The van der Waals surface area contributed by atoms with Crippen LogP contribution in [0.1, 0.15) is 0 Å². The SMILES string of the molecule is O[C@H](COc1ccccc1Cl)CN1CCN(c2cccc[nH+]2)CC1. The molecule has 1 aromatic carbocycles. The Morgan fingerprint density at radius 2 is 1.83 bits per heavy atom. The normalized spacial score (nSPS) is 16.8. The van der Waals surface area contributed by atoms with E-state index in [2.05, 4.69) is 20.9 Å². The third kappa shape index (κ3) is 4.60. The molecule has 128 valence electrons. The van der Waals surface area contributed by atoms with Crippen LogP contribution in [0.5, 0.6) is 5.75 Å². The topological polar surface area (TPSA) is 50.1 Å². The summed E-state index contributed by atoms with van der Waals surface area (Å²) in [5.41, 5.74) is 0. The van der Waals surface area contributed by atoms with Crippen LogP contribution in [0.25, 0.3) is 0 Å². The summed E-state index contributed by atoms with van der Waals surface area (Å²) >= 11 is 6.05. The molecule has 6 heteroatoms. The van der Waals surface area contributed by atoms with Crippen LogP contribution in [0.4, 0.5) is 5.82 Å². The number of benzene rings is 1. The molecule has 0 unspecified atom stereocenters. The van der Waals surface area contributed by atoms with Gasteiger partial charge in [-0.05, 0) is 18.2 Å². The van der Waals surface area contributed by atoms with Crippen molar-refractivity contribution in [1.29, 1.82) is 0 Å². The first-order valence-corrected chi connectivity index (χ1v) is 8.59. The maximum atomic E-state index is 10.2. The van der Waals surface area contributed by atoms with Gasteiger partial charge in [-0.25, -0.2) is 4.98 Å². The van der Waals surface area contributed by atoms with Gasteiger partial charge in [0.2, 0.25) is 0 Å². The predicted molar refractivity (Wildman–Crippen MR) is 94.6 cm³/mol. The van der Waals surface area contributed by atoms with Crippen molar-refractivity contribution in [3.05, 3.63) is 53.7 Å². The van der Waals surface area contributed by atoms with Gasteiger partial charge in [0.1, 0.15) is 18.5 Å². The van der Waals surface area contributed by atoms with Gasteiger partial charge in [-0.2, -0.15) is 0 Å². The fourth-order valence-electron chi connectivity index (χ4n) is 2.85. The minimum atomic E-state index is -0.531. The van der Waals surface area contributed by atoms with E-state index in [0.717, 1.165) is 32.0 Å². The van der Waals surface area contributed by atoms with Crippen molar-refractivity contribution in [2.45, 2.75) is 6.10 Å². The maximum Gasteiger partial charge on any atom is 0.274 e. The molecule has 24 heavy (non-hydrogen) atoms. The number of nitrogens with zero attached hydrogens (tertiary/aromatic N) is 2. The van der Waals surface area contributed by atoms with E-state index in [0.29, 0.717) is 17.3 Å². The first-order chi connectivity index (χ1) is 11.7. The Bertz CT molecular complexity index is 633. The van der Waals surface area contributed by atoms with Crippen LogP contribution < -0.4 is 14.6 Å². The minimum Gasteiger partial charge on any atom is -0.489 e. The number of ether oxygens (including phenoxy) is 1. The van der Waals surface area contributed by atoms with Gasteiger partial charge in [0.15, 0.2) is 0 Å². The van der Waals surface area contributed by atoms with E-state index in [-0.39, 0.29) is 6.61 Å². The molecule has 0 spiro atoms. The molecule has 2 heterocycles. The lowest BCUT2D eigenvalue weighted by Gasteiger charge is -2.32. The van der Waals surface area contributed by atoms with E-state index >= 15 is 0 Å².